The molecule has 142 valence electrons. The van der Waals surface area contributed by atoms with Gasteiger partial charge in [-0.1, -0.05) is 20.8 Å². The van der Waals surface area contributed by atoms with Crippen LogP contribution in [0.2, 0.25) is 0 Å². The van der Waals surface area contributed by atoms with Gasteiger partial charge in [-0.25, -0.2) is 4.79 Å². The molecule has 0 saturated heterocycles. The summed E-state index contributed by atoms with van der Waals surface area (Å²) in [5, 5.41) is 31.4. The van der Waals surface area contributed by atoms with Crippen molar-refractivity contribution < 1.29 is 24.9 Å². The fourth-order valence-electron chi connectivity index (χ4n) is 5.80. The Labute approximate surface area is 150 Å². The molecule has 0 aromatic heterocycles. The minimum Gasteiger partial charge on any atom is -0.429 e. The Kier molecular flexibility index (Phi) is 4.58. The zero-order valence-corrected chi connectivity index (χ0v) is 15.8. The lowest BCUT2D eigenvalue weighted by atomic mass is 9.43. The van der Waals surface area contributed by atoms with Crippen LogP contribution in [-0.2, 0) is 9.53 Å². The highest BCUT2D eigenvalue weighted by Gasteiger charge is 2.62. The maximum atomic E-state index is 11.3. The summed E-state index contributed by atoms with van der Waals surface area (Å²) in [6.45, 7) is 8.45. The van der Waals surface area contributed by atoms with Gasteiger partial charge in [-0.15, -0.1) is 0 Å². The van der Waals surface area contributed by atoms with Gasteiger partial charge in [0.05, 0.1) is 11.7 Å². The van der Waals surface area contributed by atoms with Crippen LogP contribution in [0.4, 0.5) is 0 Å². The molecule has 3 rings (SSSR count). The summed E-state index contributed by atoms with van der Waals surface area (Å²) in [7, 11) is 0. The molecule has 0 aromatic carbocycles. The van der Waals surface area contributed by atoms with Gasteiger partial charge in [-0.05, 0) is 62.7 Å². The number of hydrogen-bond donors (Lipinski definition) is 3. The Balaban J connectivity index is 1.86. The minimum atomic E-state index is -1.11. The van der Waals surface area contributed by atoms with Crippen molar-refractivity contribution in [2.75, 3.05) is 0 Å². The first-order chi connectivity index (χ1) is 11.5. The molecule has 0 amide bonds. The fraction of sp³-hybridized carbons (Fsp3) is 0.850. The van der Waals surface area contributed by atoms with Crippen LogP contribution in [0.25, 0.3) is 0 Å². The smallest absolute Gasteiger partial charge is 0.333 e. The Bertz CT molecular complexity index is 583. The Morgan fingerprint density at radius 3 is 2.48 bits per heavy atom. The number of fused-ring (bicyclic) bond motifs is 1. The highest BCUT2D eigenvalue weighted by molar-refractivity contribution is 5.85. The van der Waals surface area contributed by atoms with E-state index in [0.717, 1.165) is 25.7 Å². The predicted molar refractivity (Wildman–Crippen MR) is 93.4 cm³/mol. The molecule has 0 spiro atoms. The van der Waals surface area contributed by atoms with E-state index in [1.807, 2.05) is 0 Å². The number of ether oxygens (including phenoxy) is 1. The molecule has 5 nitrogen and oxygen atoms in total. The summed E-state index contributed by atoms with van der Waals surface area (Å²) in [6, 6.07) is 0. The third-order valence-electron chi connectivity index (χ3n) is 8.12. The van der Waals surface area contributed by atoms with Crippen molar-refractivity contribution in [3.8, 4) is 0 Å². The first-order valence-corrected chi connectivity index (χ1v) is 9.52. The molecule has 25 heavy (non-hydrogen) atoms. The molecule has 7 atom stereocenters. The lowest BCUT2D eigenvalue weighted by Gasteiger charge is -2.64. The molecular weight excluding hydrogens is 320 g/mol. The molecule has 5 heteroatoms. The largest absolute Gasteiger partial charge is 0.429 e. The average Bonchev–Trinajstić information content (AvgIpc) is 2.85. The normalized spacial score (nSPS) is 50.2. The van der Waals surface area contributed by atoms with Crippen molar-refractivity contribution in [1.82, 2.24) is 0 Å². The van der Waals surface area contributed by atoms with E-state index in [1.54, 1.807) is 6.92 Å². The lowest BCUT2D eigenvalue weighted by molar-refractivity contribution is -0.235. The van der Waals surface area contributed by atoms with E-state index in [2.05, 4.69) is 20.8 Å². The molecule has 2 fully saturated rings. The summed E-state index contributed by atoms with van der Waals surface area (Å²) >= 11 is 0. The number of carbonyl (C=O) groups is 1. The summed E-state index contributed by atoms with van der Waals surface area (Å²) < 4.78 is 4.80. The molecule has 3 aliphatic rings. The van der Waals surface area contributed by atoms with E-state index in [4.69, 9.17) is 4.74 Å². The monoisotopic (exact) mass is 352 g/mol. The van der Waals surface area contributed by atoms with Gasteiger partial charge in [-0.2, -0.15) is 0 Å². The molecule has 0 aromatic rings. The lowest BCUT2D eigenvalue weighted by Crippen LogP contribution is -2.65. The molecule has 0 radical (unpaired) electrons. The SMILES string of the molecule is C[C@@H]1CC[C@@]2(C)[C@H](CC[C@@H](O)[C@]2(C)O)[C@@]1(C)CCC1=CC(=O)O[C@@H]1O. The number of esters is 1. The Morgan fingerprint density at radius 2 is 1.88 bits per heavy atom. The number of rotatable bonds is 3. The number of cyclic esters (lactones) is 1. The average molecular weight is 352 g/mol. The summed E-state index contributed by atoms with van der Waals surface area (Å²) in [5.41, 5.74) is -0.805. The number of carbonyl (C=O) groups excluding carboxylic acids is 1. The van der Waals surface area contributed by atoms with Crippen molar-refractivity contribution in [2.45, 2.75) is 84.2 Å². The molecular formula is C20H32O5. The first kappa shape index (κ1) is 18.9. The Morgan fingerprint density at radius 1 is 1.20 bits per heavy atom. The minimum absolute atomic E-state index is 0.0245. The number of hydrogen-bond acceptors (Lipinski definition) is 5. The van der Waals surface area contributed by atoms with Crippen LogP contribution in [0.1, 0.15) is 66.2 Å². The van der Waals surface area contributed by atoms with Gasteiger partial charge < -0.3 is 20.1 Å². The molecule has 2 saturated carbocycles. The zero-order chi connectivity index (χ0) is 18.6. The second-order valence-electron chi connectivity index (χ2n) is 9.16. The molecule has 3 N–H and O–H groups in total. The highest BCUT2D eigenvalue weighted by atomic mass is 16.6. The van der Waals surface area contributed by atoms with E-state index < -0.39 is 24.0 Å². The zero-order valence-electron chi connectivity index (χ0n) is 15.8. The van der Waals surface area contributed by atoms with Crippen LogP contribution in [0.5, 0.6) is 0 Å². The van der Waals surface area contributed by atoms with Gasteiger partial charge in [0.25, 0.3) is 0 Å². The van der Waals surface area contributed by atoms with Crippen molar-refractivity contribution in [2.24, 2.45) is 22.7 Å². The van der Waals surface area contributed by atoms with Crippen LogP contribution in [-0.4, -0.2) is 39.3 Å². The van der Waals surface area contributed by atoms with Gasteiger partial charge in [-0.3, -0.25) is 0 Å². The third kappa shape index (κ3) is 2.75. The molecule has 1 aliphatic heterocycles. The van der Waals surface area contributed by atoms with Gasteiger partial charge in [0.2, 0.25) is 6.29 Å². The van der Waals surface area contributed by atoms with Gasteiger partial charge >= 0.3 is 5.97 Å². The molecule has 0 unspecified atom stereocenters. The van der Waals surface area contributed by atoms with E-state index >= 15 is 0 Å². The predicted octanol–water partition coefficient (Wildman–Crippen LogP) is 2.53. The van der Waals surface area contributed by atoms with E-state index in [0.29, 0.717) is 24.3 Å². The molecule has 1 heterocycles. The number of aliphatic hydroxyl groups excluding tert-OH is 2. The topological polar surface area (TPSA) is 87.0 Å². The molecule has 2 aliphatic carbocycles. The highest BCUT2D eigenvalue weighted by Crippen LogP contribution is 2.64. The van der Waals surface area contributed by atoms with E-state index in [9.17, 15) is 20.1 Å². The van der Waals surface area contributed by atoms with Crippen LogP contribution in [0.3, 0.4) is 0 Å². The first-order valence-electron chi connectivity index (χ1n) is 9.52. The third-order valence-corrected chi connectivity index (χ3v) is 8.12. The van der Waals surface area contributed by atoms with Crippen molar-refractivity contribution >= 4 is 5.97 Å². The van der Waals surface area contributed by atoms with Gasteiger partial charge in [0.1, 0.15) is 0 Å². The summed E-state index contributed by atoms with van der Waals surface area (Å²) in [6.07, 6.45) is 4.48. The Hall–Kier alpha value is -0.910. The van der Waals surface area contributed by atoms with Gasteiger partial charge in [0, 0.05) is 17.1 Å². The van der Waals surface area contributed by atoms with Crippen LogP contribution in [0.15, 0.2) is 11.6 Å². The van der Waals surface area contributed by atoms with Crippen LogP contribution < -0.4 is 0 Å². The second kappa shape index (κ2) is 6.07. The molecule has 0 bridgehead atoms. The van der Waals surface area contributed by atoms with Gasteiger partial charge in [0.15, 0.2) is 0 Å². The van der Waals surface area contributed by atoms with E-state index in [-0.39, 0.29) is 16.7 Å². The maximum absolute atomic E-state index is 11.3. The standard InChI is InChI=1S/C20H32O5/c1-12-7-10-19(3)14(5-6-15(21)20(19,4)24)18(12,2)9-8-13-11-16(22)25-17(13)23/h11-12,14-15,17,21,23-24H,5-10H2,1-4H3/t12-,14-,15-,17+,18+,19+,20+/m1/s1. The summed E-state index contributed by atoms with van der Waals surface area (Å²) in [5.74, 6) is 0.295. The van der Waals surface area contributed by atoms with Crippen molar-refractivity contribution in [3.63, 3.8) is 0 Å². The number of aliphatic hydroxyl groups is 3. The summed E-state index contributed by atoms with van der Waals surface area (Å²) in [4.78, 5) is 11.3. The van der Waals surface area contributed by atoms with Crippen molar-refractivity contribution in [1.29, 1.82) is 0 Å². The second-order valence-corrected chi connectivity index (χ2v) is 9.16. The van der Waals surface area contributed by atoms with E-state index in [1.165, 1.54) is 6.08 Å². The van der Waals surface area contributed by atoms with Crippen molar-refractivity contribution in [3.05, 3.63) is 11.6 Å². The maximum Gasteiger partial charge on any atom is 0.333 e. The van der Waals surface area contributed by atoms with Crippen LogP contribution in [0, 0.1) is 22.7 Å². The fourth-order valence-corrected chi connectivity index (χ4v) is 5.80. The quantitative estimate of drug-likeness (QED) is 0.680. The van der Waals surface area contributed by atoms with Crippen LogP contribution >= 0.6 is 0 Å².